The number of furan rings is 1. The van der Waals surface area contributed by atoms with Gasteiger partial charge >= 0.3 is 0 Å². The molecule has 0 spiro atoms. The topological polar surface area (TPSA) is 25.2 Å². The molecule has 0 saturated heterocycles. The third-order valence-corrected chi connectivity index (χ3v) is 3.43. The maximum atomic E-state index is 5.37. The number of benzene rings is 1. The number of hydrogen-bond donors (Lipinski definition) is 1. The molecule has 18 heavy (non-hydrogen) atoms. The fourth-order valence-electron chi connectivity index (χ4n) is 2.04. The van der Waals surface area contributed by atoms with Crippen LogP contribution >= 0.6 is 15.9 Å². The van der Waals surface area contributed by atoms with Crippen LogP contribution in [0.15, 0.2) is 45.5 Å². The zero-order chi connectivity index (χ0) is 13.0. The standard InChI is InChI=1S/C15H18BrNO/c1-3-12-10-13(16)6-7-15(12)17-11(2)9-14-5-4-8-18-14/h4-8,10-11,17H,3,9H2,1-2H3. The molecule has 1 aromatic heterocycles. The van der Waals surface area contributed by atoms with Crippen LogP contribution in [-0.2, 0) is 12.8 Å². The van der Waals surface area contributed by atoms with Crippen molar-refractivity contribution in [3.63, 3.8) is 0 Å². The first-order valence-electron chi connectivity index (χ1n) is 6.26. The molecule has 2 rings (SSSR count). The number of aryl methyl sites for hydroxylation is 1. The summed E-state index contributed by atoms with van der Waals surface area (Å²) in [6.07, 6.45) is 3.64. The Labute approximate surface area is 117 Å². The lowest BCUT2D eigenvalue weighted by atomic mass is 10.1. The van der Waals surface area contributed by atoms with E-state index >= 15 is 0 Å². The van der Waals surface area contributed by atoms with Crippen molar-refractivity contribution in [1.82, 2.24) is 0 Å². The van der Waals surface area contributed by atoms with Gasteiger partial charge in [-0.15, -0.1) is 0 Å². The predicted octanol–water partition coefficient (Wildman–Crippen LogP) is 4.65. The Kier molecular flexibility index (Phi) is 4.48. The van der Waals surface area contributed by atoms with Crippen LogP contribution in [0.4, 0.5) is 5.69 Å². The van der Waals surface area contributed by atoms with Crippen molar-refractivity contribution in [2.24, 2.45) is 0 Å². The highest BCUT2D eigenvalue weighted by Gasteiger charge is 2.08. The van der Waals surface area contributed by atoms with E-state index in [1.165, 1.54) is 11.3 Å². The molecule has 1 N–H and O–H groups in total. The van der Waals surface area contributed by atoms with Gasteiger partial charge in [-0.2, -0.15) is 0 Å². The molecule has 1 heterocycles. The van der Waals surface area contributed by atoms with Crippen molar-refractivity contribution in [1.29, 1.82) is 0 Å². The minimum atomic E-state index is 0.350. The average molecular weight is 308 g/mol. The first kappa shape index (κ1) is 13.2. The Morgan fingerprint density at radius 3 is 2.83 bits per heavy atom. The van der Waals surface area contributed by atoms with Crippen LogP contribution < -0.4 is 5.32 Å². The van der Waals surface area contributed by atoms with Crippen LogP contribution in [-0.4, -0.2) is 6.04 Å². The van der Waals surface area contributed by atoms with Gasteiger partial charge in [-0.1, -0.05) is 22.9 Å². The molecule has 0 aliphatic rings. The lowest BCUT2D eigenvalue weighted by Gasteiger charge is -2.17. The summed E-state index contributed by atoms with van der Waals surface area (Å²) in [7, 11) is 0. The minimum absolute atomic E-state index is 0.350. The van der Waals surface area contributed by atoms with E-state index in [0.29, 0.717) is 6.04 Å². The highest BCUT2D eigenvalue weighted by Crippen LogP contribution is 2.22. The van der Waals surface area contributed by atoms with Gasteiger partial charge in [-0.05, 0) is 49.2 Å². The van der Waals surface area contributed by atoms with Crippen molar-refractivity contribution in [3.05, 3.63) is 52.4 Å². The van der Waals surface area contributed by atoms with Crippen LogP contribution in [0, 0.1) is 0 Å². The maximum absolute atomic E-state index is 5.37. The molecule has 1 aromatic carbocycles. The predicted molar refractivity (Wildman–Crippen MR) is 79.0 cm³/mol. The van der Waals surface area contributed by atoms with Gasteiger partial charge in [-0.3, -0.25) is 0 Å². The SMILES string of the molecule is CCc1cc(Br)ccc1NC(C)Cc1ccco1. The number of nitrogens with one attached hydrogen (secondary N) is 1. The normalized spacial score (nSPS) is 12.4. The molecule has 0 bridgehead atoms. The second kappa shape index (κ2) is 6.10. The van der Waals surface area contributed by atoms with E-state index in [1.54, 1.807) is 6.26 Å². The first-order chi connectivity index (χ1) is 8.69. The summed E-state index contributed by atoms with van der Waals surface area (Å²) in [5, 5.41) is 3.55. The molecule has 1 unspecified atom stereocenters. The zero-order valence-corrected chi connectivity index (χ0v) is 12.3. The quantitative estimate of drug-likeness (QED) is 0.870. The second-order valence-electron chi connectivity index (χ2n) is 4.48. The molecule has 0 saturated carbocycles. The fourth-order valence-corrected chi connectivity index (χ4v) is 2.45. The van der Waals surface area contributed by atoms with E-state index in [2.05, 4.69) is 53.3 Å². The largest absolute Gasteiger partial charge is 0.469 e. The monoisotopic (exact) mass is 307 g/mol. The van der Waals surface area contributed by atoms with Gasteiger partial charge < -0.3 is 9.73 Å². The summed E-state index contributed by atoms with van der Waals surface area (Å²) >= 11 is 3.51. The first-order valence-corrected chi connectivity index (χ1v) is 7.05. The Balaban J connectivity index is 2.04. The van der Waals surface area contributed by atoms with Gasteiger partial charge in [0.25, 0.3) is 0 Å². The highest BCUT2D eigenvalue weighted by molar-refractivity contribution is 9.10. The van der Waals surface area contributed by atoms with E-state index in [0.717, 1.165) is 23.1 Å². The lowest BCUT2D eigenvalue weighted by Crippen LogP contribution is -2.18. The van der Waals surface area contributed by atoms with E-state index < -0.39 is 0 Å². The van der Waals surface area contributed by atoms with E-state index in [9.17, 15) is 0 Å². The third kappa shape index (κ3) is 3.39. The minimum Gasteiger partial charge on any atom is -0.469 e. The number of hydrogen-bond acceptors (Lipinski definition) is 2. The smallest absolute Gasteiger partial charge is 0.105 e. The molecule has 1 atom stereocenters. The van der Waals surface area contributed by atoms with Gasteiger partial charge in [0.15, 0.2) is 0 Å². The van der Waals surface area contributed by atoms with Gasteiger partial charge in [0.1, 0.15) is 5.76 Å². The molecular weight excluding hydrogens is 290 g/mol. The van der Waals surface area contributed by atoms with Crippen molar-refractivity contribution in [2.75, 3.05) is 5.32 Å². The summed E-state index contributed by atoms with van der Waals surface area (Å²) in [5.74, 6) is 1.02. The van der Waals surface area contributed by atoms with Gasteiger partial charge in [0.05, 0.1) is 6.26 Å². The number of rotatable bonds is 5. The molecule has 96 valence electrons. The van der Waals surface area contributed by atoms with E-state index in [1.807, 2.05) is 12.1 Å². The Bertz CT molecular complexity index is 493. The molecule has 2 nitrogen and oxygen atoms in total. The van der Waals surface area contributed by atoms with Gasteiger partial charge in [0.2, 0.25) is 0 Å². The van der Waals surface area contributed by atoms with Crippen LogP contribution in [0.25, 0.3) is 0 Å². The van der Waals surface area contributed by atoms with E-state index in [-0.39, 0.29) is 0 Å². The Morgan fingerprint density at radius 2 is 2.17 bits per heavy atom. The molecule has 0 aliphatic carbocycles. The fraction of sp³-hybridized carbons (Fsp3) is 0.333. The van der Waals surface area contributed by atoms with Crippen LogP contribution in [0.2, 0.25) is 0 Å². The summed E-state index contributed by atoms with van der Waals surface area (Å²) in [6, 6.07) is 10.7. The molecule has 3 heteroatoms. The molecule has 0 fully saturated rings. The molecule has 0 amide bonds. The van der Waals surface area contributed by atoms with Crippen molar-refractivity contribution < 1.29 is 4.42 Å². The Hall–Kier alpha value is -1.22. The van der Waals surface area contributed by atoms with E-state index in [4.69, 9.17) is 4.42 Å². The lowest BCUT2D eigenvalue weighted by molar-refractivity contribution is 0.497. The molecular formula is C15H18BrNO. The molecule has 0 radical (unpaired) electrons. The zero-order valence-electron chi connectivity index (χ0n) is 10.7. The Morgan fingerprint density at radius 1 is 1.33 bits per heavy atom. The summed E-state index contributed by atoms with van der Waals surface area (Å²) in [5.41, 5.74) is 2.54. The summed E-state index contributed by atoms with van der Waals surface area (Å²) in [6.45, 7) is 4.34. The summed E-state index contributed by atoms with van der Waals surface area (Å²) < 4.78 is 6.50. The maximum Gasteiger partial charge on any atom is 0.105 e. The van der Waals surface area contributed by atoms with Crippen LogP contribution in [0.1, 0.15) is 25.2 Å². The molecule has 2 aromatic rings. The third-order valence-electron chi connectivity index (χ3n) is 2.94. The van der Waals surface area contributed by atoms with Crippen LogP contribution in [0.3, 0.4) is 0 Å². The van der Waals surface area contributed by atoms with Crippen molar-refractivity contribution >= 4 is 21.6 Å². The van der Waals surface area contributed by atoms with Gasteiger partial charge in [0, 0.05) is 22.6 Å². The van der Waals surface area contributed by atoms with Crippen molar-refractivity contribution in [3.8, 4) is 0 Å². The summed E-state index contributed by atoms with van der Waals surface area (Å²) in [4.78, 5) is 0. The number of halogens is 1. The second-order valence-corrected chi connectivity index (χ2v) is 5.40. The van der Waals surface area contributed by atoms with Gasteiger partial charge in [-0.25, -0.2) is 0 Å². The van der Waals surface area contributed by atoms with Crippen molar-refractivity contribution in [2.45, 2.75) is 32.7 Å². The number of anilines is 1. The average Bonchev–Trinajstić information content (AvgIpc) is 2.84. The highest BCUT2D eigenvalue weighted by atomic mass is 79.9. The molecule has 0 aliphatic heterocycles. The van der Waals surface area contributed by atoms with Crippen LogP contribution in [0.5, 0.6) is 0 Å².